The van der Waals surface area contributed by atoms with E-state index in [-0.39, 0.29) is 32.3 Å². The quantitative estimate of drug-likeness (QED) is 0.0268. The Balaban J connectivity index is 3.87. The number of carbonyl (C=O) groups excluding carboxylic acids is 1. The van der Waals surface area contributed by atoms with Gasteiger partial charge >= 0.3 is 13.8 Å². The number of hydrogen-bond acceptors (Lipinski definition) is 7. The Morgan fingerprint density at radius 1 is 0.455 bits per heavy atom. The second kappa shape index (κ2) is 54.7. The van der Waals surface area contributed by atoms with Gasteiger partial charge in [0, 0.05) is 19.6 Å². The summed E-state index contributed by atoms with van der Waals surface area (Å²) in [7, 11) is -4.29. The normalized spacial score (nSPS) is 13.5. The van der Waals surface area contributed by atoms with Crippen LogP contribution in [0.25, 0.3) is 0 Å². The third-order valence-electron chi connectivity index (χ3n) is 12.5. The zero-order valence-electron chi connectivity index (χ0n) is 43.7. The number of carbonyl (C=O) groups is 1. The summed E-state index contributed by atoms with van der Waals surface area (Å²) < 4.78 is 33.7. The molecule has 0 bridgehead atoms. The van der Waals surface area contributed by atoms with Crippen molar-refractivity contribution in [2.75, 3.05) is 33.0 Å². The van der Waals surface area contributed by atoms with Crippen molar-refractivity contribution in [3.63, 3.8) is 0 Å². The zero-order valence-corrected chi connectivity index (χ0v) is 44.6. The summed E-state index contributed by atoms with van der Waals surface area (Å²) >= 11 is 0. The van der Waals surface area contributed by atoms with Gasteiger partial charge in [-0.25, -0.2) is 4.57 Å². The predicted octanol–water partition coefficient (Wildman–Crippen LogP) is 18.1. The van der Waals surface area contributed by atoms with Gasteiger partial charge in [-0.05, 0) is 70.6 Å². The van der Waals surface area contributed by atoms with E-state index in [1.807, 2.05) is 0 Å². The fraction of sp³-hybridized carbons (Fsp3) is 0.877. The van der Waals surface area contributed by atoms with Gasteiger partial charge in [-0.3, -0.25) is 13.8 Å². The number of allylic oxidation sites excluding steroid dienone is 6. The standard InChI is InChI=1S/C57H110NO7P/c1-3-5-7-9-11-13-15-17-19-21-23-25-26-27-28-29-31-33-35-37-39-41-43-45-47-49-52-62-54-56(55-64-66(60,61)63-53-51-58)65-57(59)50-48-46-44-42-40-38-36-34-32-30-24-22-20-18-16-14-12-10-8-6-4-2/h16,18,21-24,56H,3-15,17,19-20,25-55,58H2,1-2H3,(H,60,61)/b18-16-,23-21-,24-22-. The molecule has 66 heavy (non-hydrogen) atoms. The van der Waals surface area contributed by atoms with Gasteiger partial charge < -0.3 is 20.1 Å². The lowest BCUT2D eigenvalue weighted by Crippen LogP contribution is -2.28. The van der Waals surface area contributed by atoms with Gasteiger partial charge in [0.05, 0.1) is 19.8 Å². The van der Waals surface area contributed by atoms with Crippen LogP contribution in [-0.4, -0.2) is 49.9 Å². The number of hydrogen-bond donors (Lipinski definition) is 2. The molecule has 0 spiro atoms. The largest absolute Gasteiger partial charge is 0.472 e. The van der Waals surface area contributed by atoms with Crippen LogP contribution in [0.15, 0.2) is 36.5 Å². The predicted molar refractivity (Wildman–Crippen MR) is 284 cm³/mol. The number of rotatable bonds is 55. The molecule has 8 nitrogen and oxygen atoms in total. The number of ether oxygens (including phenoxy) is 2. The number of esters is 1. The van der Waals surface area contributed by atoms with Crippen LogP contribution in [-0.2, 0) is 27.9 Å². The van der Waals surface area contributed by atoms with Crippen molar-refractivity contribution >= 4 is 13.8 Å². The lowest BCUT2D eigenvalue weighted by molar-refractivity contribution is -0.154. The second-order valence-electron chi connectivity index (χ2n) is 19.1. The maximum absolute atomic E-state index is 12.7. The highest BCUT2D eigenvalue weighted by Crippen LogP contribution is 2.43. The molecule has 2 unspecified atom stereocenters. The Hall–Kier alpha value is -1.28. The Morgan fingerprint density at radius 2 is 0.803 bits per heavy atom. The Bertz CT molecular complexity index is 1110. The first-order valence-corrected chi connectivity index (χ1v) is 30.0. The SMILES string of the molecule is CCCCCCC/C=C\C/C=C\CCCCCCCCCCCC(=O)OC(COCCCCCCCCCCCCCCCC/C=C\CCCCCCCCCC)COP(=O)(O)OCCN. The van der Waals surface area contributed by atoms with Crippen molar-refractivity contribution in [2.24, 2.45) is 5.73 Å². The number of phosphoric acid groups is 1. The summed E-state index contributed by atoms with van der Waals surface area (Å²) in [6.45, 7) is 4.96. The molecule has 2 atom stereocenters. The molecule has 0 aliphatic rings. The fourth-order valence-corrected chi connectivity index (χ4v) is 9.08. The first-order valence-electron chi connectivity index (χ1n) is 28.5. The maximum Gasteiger partial charge on any atom is 0.472 e. The summed E-state index contributed by atoms with van der Waals surface area (Å²) in [5, 5.41) is 0. The van der Waals surface area contributed by atoms with Gasteiger partial charge in [0.25, 0.3) is 0 Å². The third-order valence-corrected chi connectivity index (χ3v) is 13.5. The van der Waals surface area contributed by atoms with Gasteiger partial charge in [0.15, 0.2) is 0 Å². The summed E-state index contributed by atoms with van der Waals surface area (Å²) in [5.74, 6) is -0.330. The topological polar surface area (TPSA) is 117 Å². The Morgan fingerprint density at radius 3 is 1.20 bits per heavy atom. The molecule has 0 fully saturated rings. The average Bonchev–Trinajstić information content (AvgIpc) is 3.31. The molecule has 0 heterocycles. The van der Waals surface area contributed by atoms with Crippen molar-refractivity contribution in [3.05, 3.63) is 36.5 Å². The molecule has 0 amide bonds. The van der Waals surface area contributed by atoms with Crippen LogP contribution < -0.4 is 5.73 Å². The molecule has 0 aromatic carbocycles. The first kappa shape index (κ1) is 64.7. The maximum atomic E-state index is 12.7. The van der Waals surface area contributed by atoms with E-state index in [0.29, 0.717) is 13.0 Å². The summed E-state index contributed by atoms with van der Waals surface area (Å²) in [5.41, 5.74) is 5.40. The number of nitrogens with two attached hydrogens (primary N) is 1. The van der Waals surface area contributed by atoms with Gasteiger partial charge in [0.2, 0.25) is 0 Å². The van der Waals surface area contributed by atoms with E-state index in [2.05, 4.69) is 50.3 Å². The number of phosphoric ester groups is 1. The minimum absolute atomic E-state index is 0.0952. The molecular weight excluding hydrogens is 842 g/mol. The van der Waals surface area contributed by atoms with Crippen molar-refractivity contribution < 1.29 is 32.8 Å². The monoisotopic (exact) mass is 952 g/mol. The Kier molecular flexibility index (Phi) is 53.6. The van der Waals surface area contributed by atoms with Crippen molar-refractivity contribution in [3.8, 4) is 0 Å². The molecule has 3 N–H and O–H groups in total. The highest BCUT2D eigenvalue weighted by molar-refractivity contribution is 7.47. The third kappa shape index (κ3) is 53.7. The molecule has 9 heteroatoms. The second-order valence-corrected chi connectivity index (χ2v) is 20.6. The van der Waals surface area contributed by atoms with Crippen molar-refractivity contribution in [1.82, 2.24) is 0 Å². The molecule has 390 valence electrons. The van der Waals surface area contributed by atoms with Gasteiger partial charge in [-0.15, -0.1) is 0 Å². The van der Waals surface area contributed by atoms with E-state index in [1.54, 1.807) is 0 Å². The minimum Gasteiger partial charge on any atom is -0.457 e. The first-order chi connectivity index (χ1) is 32.4. The Labute approximate surface area is 409 Å². The van der Waals surface area contributed by atoms with Crippen LogP contribution in [0, 0.1) is 0 Å². The molecule has 0 aromatic heterocycles. The van der Waals surface area contributed by atoms with Crippen LogP contribution in [0.5, 0.6) is 0 Å². The van der Waals surface area contributed by atoms with E-state index in [0.717, 1.165) is 38.5 Å². The summed E-state index contributed by atoms with van der Waals surface area (Å²) in [6, 6.07) is 0. The van der Waals surface area contributed by atoms with E-state index in [4.69, 9.17) is 24.3 Å². The molecule has 0 radical (unpaired) electrons. The van der Waals surface area contributed by atoms with Gasteiger partial charge in [-0.2, -0.15) is 0 Å². The summed E-state index contributed by atoms with van der Waals surface area (Å²) in [6.07, 6.45) is 66.2. The molecule has 0 aliphatic carbocycles. The van der Waals surface area contributed by atoms with Crippen molar-refractivity contribution in [2.45, 2.75) is 290 Å². The molecular formula is C57H110NO7P. The molecule has 0 saturated carbocycles. The molecule has 0 saturated heterocycles. The van der Waals surface area contributed by atoms with Crippen LogP contribution in [0.4, 0.5) is 0 Å². The fourth-order valence-electron chi connectivity index (χ4n) is 8.32. The highest BCUT2D eigenvalue weighted by Gasteiger charge is 2.25. The molecule has 0 aliphatic heterocycles. The van der Waals surface area contributed by atoms with E-state index >= 15 is 0 Å². The van der Waals surface area contributed by atoms with E-state index in [1.165, 1.54) is 225 Å². The number of unbranched alkanes of at least 4 members (excludes halogenated alkanes) is 36. The zero-order chi connectivity index (χ0) is 48.0. The van der Waals surface area contributed by atoms with Crippen molar-refractivity contribution in [1.29, 1.82) is 0 Å². The minimum atomic E-state index is -4.29. The lowest BCUT2D eigenvalue weighted by Gasteiger charge is -2.20. The van der Waals surface area contributed by atoms with Crippen LogP contribution in [0.3, 0.4) is 0 Å². The van der Waals surface area contributed by atoms with Gasteiger partial charge in [-0.1, -0.05) is 243 Å². The van der Waals surface area contributed by atoms with Crippen LogP contribution in [0.1, 0.15) is 284 Å². The summed E-state index contributed by atoms with van der Waals surface area (Å²) in [4.78, 5) is 22.6. The van der Waals surface area contributed by atoms with Crippen LogP contribution >= 0.6 is 7.82 Å². The highest BCUT2D eigenvalue weighted by atomic mass is 31.2. The van der Waals surface area contributed by atoms with E-state index in [9.17, 15) is 14.3 Å². The van der Waals surface area contributed by atoms with Crippen LogP contribution in [0.2, 0.25) is 0 Å². The smallest absolute Gasteiger partial charge is 0.457 e. The molecule has 0 aromatic rings. The van der Waals surface area contributed by atoms with E-state index < -0.39 is 13.9 Å². The molecule has 0 rings (SSSR count). The lowest BCUT2D eigenvalue weighted by atomic mass is 10.0. The van der Waals surface area contributed by atoms with Gasteiger partial charge in [0.1, 0.15) is 6.10 Å². The average molecular weight is 952 g/mol.